The maximum absolute atomic E-state index is 10.8. The maximum atomic E-state index is 10.8. The van der Waals surface area contributed by atoms with Gasteiger partial charge in [-0.1, -0.05) is 11.6 Å². The molecule has 0 aromatic carbocycles. The Balaban J connectivity index is 1.92. The van der Waals surface area contributed by atoms with E-state index in [9.17, 15) is 8.42 Å². The standard InChI is InChI=1S/C8H12O3S/c1-12(9,10)11-8-3-2-6-4-7(6)5-8/h4,6,8H,2-3,5H2,1H3/t6?,8-/m0/s1. The highest BCUT2D eigenvalue weighted by molar-refractivity contribution is 7.86. The number of allylic oxidation sites excluding steroid dienone is 1. The van der Waals surface area contributed by atoms with E-state index in [1.165, 1.54) is 5.57 Å². The lowest BCUT2D eigenvalue weighted by molar-refractivity contribution is 0.185. The molecule has 3 nitrogen and oxygen atoms in total. The monoisotopic (exact) mass is 188 g/mol. The summed E-state index contributed by atoms with van der Waals surface area (Å²) < 4.78 is 26.5. The molecule has 0 aromatic rings. The van der Waals surface area contributed by atoms with Crippen LogP contribution in [0.4, 0.5) is 0 Å². The molecule has 0 radical (unpaired) electrons. The van der Waals surface area contributed by atoms with Gasteiger partial charge in [-0.25, -0.2) is 0 Å². The Morgan fingerprint density at radius 1 is 1.50 bits per heavy atom. The summed E-state index contributed by atoms with van der Waals surface area (Å²) in [5.41, 5.74) is 1.38. The van der Waals surface area contributed by atoms with Crippen molar-refractivity contribution in [2.45, 2.75) is 25.4 Å². The van der Waals surface area contributed by atoms with Gasteiger partial charge in [0.25, 0.3) is 10.1 Å². The van der Waals surface area contributed by atoms with Crippen LogP contribution in [0.15, 0.2) is 11.6 Å². The first kappa shape index (κ1) is 8.26. The number of hydrogen-bond acceptors (Lipinski definition) is 3. The molecule has 2 aliphatic rings. The fraction of sp³-hybridized carbons (Fsp3) is 0.750. The lowest BCUT2D eigenvalue weighted by Crippen LogP contribution is -2.20. The summed E-state index contributed by atoms with van der Waals surface area (Å²) in [7, 11) is -3.26. The van der Waals surface area contributed by atoms with Crippen LogP contribution in [0.2, 0.25) is 0 Å². The fourth-order valence-electron chi connectivity index (χ4n) is 1.76. The van der Waals surface area contributed by atoms with Gasteiger partial charge in [0.2, 0.25) is 0 Å². The number of fused-ring (bicyclic) bond motifs is 1. The second-order valence-electron chi connectivity index (χ2n) is 3.55. The van der Waals surface area contributed by atoms with Crippen molar-refractivity contribution in [2.75, 3.05) is 6.26 Å². The van der Waals surface area contributed by atoms with Crippen molar-refractivity contribution in [1.82, 2.24) is 0 Å². The Bertz CT molecular complexity index is 315. The quantitative estimate of drug-likeness (QED) is 0.481. The molecule has 0 aliphatic heterocycles. The number of hydrogen-bond donors (Lipinski definition) is 0. The minimum absolute atomic E-state index is 0.0926. The van der Waals surface area contributed by atoms with E-state index in [2.05, 4.69) is 6.08 Å². The minimum Gasteiger partial charge on any atom is -0.267 e. The van der Waals surface area contributed by atoms with Crippen molar-refractivity contribution in [3.05, 3.63) is 11.6 Å². The second kappa shape index (κ2) is 2.57. The van der Waals surface area contributed by atoms with Gasteiger partial charge >= 0.3 is 0 Å². The molecule has 68 valence electrons. The topological polar surface area (TPSA) is 43.4 Å². The lowest BCUT2D eigenvalue weighted by Gasteiger charge is -2.19. The van der Waals surface area contributed by atoms with Gasteiger partial charge in [0.05, 0.1) is 12.4 Å². The lowest BCUT2D eigenvalue weighted by atomic mass is 9.97. The highest BCUT2D eigenvalue weighted by atomic mass is 32.2. The van der Waals surface area contributed by atoms with E-state index < -0.39 is 10.1 Å². The van der Waals surface area contributed by atoms with Crippen LogP contribution >= 0.6 is 0 Å². The van der Waals surface area contributed by atoms with Crippen LogP contribution in [0.3, 0.4) is 0 Å². The van der Waals surface area contributed by atoms with E-state index in [1.54, 1.807) is 0 Å². The van der Waals surface area contributed by atoms with Crippen LogP contribution in [0.5, 0.6) is 0 Å². The Morgan fingerprint density at radius 2 is 2.25 bits per heavy atom. The minimum atomic E-state index is -3.26. The van der Waals surface area contributed by atoms with Gasteiger partial charge in [0, 0.05) is 0 Å². The third-order valence-corrected chi connectivity index (χ3v) is 2.98. The van der Waals surface area contributed by atoms with E-state index >= 15 is 0 Å². The first-order chi connectivity index (χ1) is 5.54. The molecule has 1 saturated carbocycles. The molecule has 0 N–H and O–H groups in total. The van der Waals surface area contributed by atoms with Crippen LogP contribution in [0.25, 0.3) is 0 Å². The molecule has 2 atom stereocenters. The van der Waals surface area contributed by atoms with E-state index in [-0.39, 0.29) is 6.10 Å². The summed E-state index contributed by atoms with van der Waals surface area (Å²) in [4.78, 5) is 0. The van der Waals surface area contributed by atoms with Crippen molar-refractivity contribution in [3.8, 4) is 0 Å². The smallest absolute Gasteiger partial charge is 0.264 e. The molecule has 4 heteroatoms. The average molecular weight is 188 g/mol. The highest BCUT2D eigenvalue weighted by Crippen LogP contribution is 2.42. The zero-order chi connectivity index (χ0) is 8.77. The zero-order valence-electron chi connectivity index (χ0n) is 6.99. The molecule has 0 spiro atoms. The van der Waals surface area contributed by atoms with Gasteiger partial charge in [0.1, 0.15) is 0 Å². The molecule has 0 heterocycles. The highest BCUT2D eigenvalue weighted by Gasteiger charge is 2.34. The van der Waals surface area contributed by atoms with E-state index in [0.29, 0.717) is 5.92 Å². The number of rotatable bonds is 2. The largest absolute Gasteiger partial charge is 0.267 e. The molecule has 1 unspecified atom stereocenters. The Kier molecular flexibility index (Phi) is 1.77. The summed E-state index contributed by atoms with van der Waals surface area (Å²) in [6.07, 6.45) is 5.97. The van der Waals surface area contributed by atoms with Crippen molar-refractivity contribution in [1.29, 1.82) is 0 Å². The maximum Gasteiger partial charge on any atom is 0.264 e. The third-order valence-electron chi connectivity index (χ3n) is 2.36. The van der Waals surface area contributed by atoms with Gasteiger partial charge in [-0.15, -0.1) is 0 Å². The summed E-state index contributed by atoms with van der Waals surface area (Å²) in [6.45, 7) is 0. The molecular formula is C8H12O3S. The van der Waals surface area contributed by atoms with Crippen molar-refractivity contribution in [3.63, 3.8) is 0 Å². The van der Waals surface area contributed by atoms with Crippen LogP contribution in [0, 0.1) is 5.92 Å². The summed E-state index contributed by atoms with van der Waals surface area (Å²) in [5, 5.41) is 0. The first-order valence-corrected chi connectivity index (χ1v) is 5.95. The van der Waals surface area contributed by atoms with Gasteiger partial charge in [0.15, 0.2) is 0 Å². The molecular weight excluding hydrogens is 176 g/mol. The van der Waals surface area contributed by atoms with Gasteiger partial charge in [-0.05, 0) is 25.2 Å². The zero-order valence-corrected chi connectivity index (χ0v) is 7.80. The van der Waals surface area contributed by atoms with Crippen LogP contribution in [-0.2, 0) is 14.3 Å². The van der Waals surface area contributed by atoms with Gasteiger partial charge < -0.3 is 0 Å². The van der Waals surface area contributed by atoms with Gasteiger partial charge in [-0.2, -0.15) is 8.42 Å². The van der Waals surface area contributed by atoms with Crippen molar-refractivity contribution in [2.24, 2.45) is 5.92 Å². The summed E-state index contributed by atoms with van der Waals surface area (Å²) >= 11 is 0. The van der Waals surface area contributed by atoms with Gasteiger partial charge in [-0.3, -0.25) is 4.18 Å². The molecule has 2 rings (SSSR count). The molecule has 0 bridgehead atoms. The average Bonchev–Trinajstić information content (AvgIpc) is 2.61. The Hall–Kier alpha value is -0.350. The van der Waals surface area contributed by atoms with Crippen molar-refractivity contribution >= 4 is 10.1 Å². The van der Waals surface area contributed by atoms with E-state index in [4.69, 9.17) is 4.18 Å². The molecule has 0 aromatic heterocycles. The third kappa shape index (κ3) is 1.87. The SMILES string of the molecule is CS(=O)(=O)O[C@H]1CCC2C=C2C1. The summed E-state index contributed by atoms with van der Waals surface area (Å²) in [6, 6.07) is 0. The van der Waals surface area contributed by atoms with Crippen LogP contribution in [0.1, 0.15) is 19.3 Å². The predicted molar refractivity (Wildman–Crippen MR) is 45.1 cm³/mol. The Labute approximate surface area is 72.5 Å². The first-order valence-electron chi connectivity index (χ1n) is 4.13. The van der Waals surface area contributed by atoms with Crippen LogP contribution < -0.4 is 0 Å². The second-order valence-corrected chi connectivity index (χ2v) is 5.15. The van der Waals surface area contributed by atoms with E-state index in [1.807, 2.05) is 0 Å². The molecule has 1 fully saturated rings. The summed E-state index contributed by atoms with van der Waals surface area (Å²) in [5.74, 6) is 0.685. The fourth-order valence-corrected chi connectivity index (χ4v) is 2.42. The molecule has 0 amide bonds. The van der Waals surface area contributed by atoms with Crippen molar-refractivity contribution < 1.29 is 12.6 Å². The van der Waals surface area contributed by atoms with Crippen LogP contribution in [-0.4, -0.2) is 20.8 Å². The molecule has 0 saturated heterocycles. The van der Waals surface area contributed by atoms with E-state index in [0.717, 1.165) is 25.5 Å². The Morgan fingerprint density at radius 3 is 2.83 bits per heavy atom. The normalized spacial score (nSPS) is 33.9. The predicted octanol–water partition coefficient (Wildman–Crippen LogP) is 1.07. The molecule has 2 aliphatic carbocycles. The molecule has 12 heavy (non-hydrogen) atoms.